The van der Waals surface area contributed by atoms with Crippen LogP contribution >= 0.6 is 11.3 Å². The van der Waals surface area contributed by atoms with Gasteiger partial charge < -0.3 is 20.0 Å². The molecule has 0 aliphatic carbocycles. The summed E-state index contributed by atoms with van der Waals surface area (Å²) in [6.07, 6.45) is 3.06. The van der Waals surface area contributed by atoms with Gasteiger partial charge in [-0.05, 0) is 38.8 Å². The first kappa shape index (κ1) is 22.0. The standard InChI is InChI=1S/C21H26N6O4S/c1-3-22-19(29)14-5-4-8-26(10-14)21-25-18-17(32-21)20(30)27(12-24-18)11-16(28)23-9-15-7-6-13(2)31-15/h6-7,12,14H,3-5,8-11H2,1-2H3,(H,22,29)(H,23,28)/t14-/m0/s1. The van der Waals surface area contributed by atoms with Crippen molar-refractivity contribution >= 4 is 38.6 Å². The van der Waals surface area contributed by atoms with Crippen molar-refractivity contribution in [3.63, 3.8) is 0 Å². The van der Waals surface area contributed by atoms with E-state index in [1.807, 2.05) is 24.8 Å². The molecule has 2 amide bonds. The van der Waals surface area contributed by atoms with E-state index in [0.717, 1.165) is 25.1 Å². The Labute approximate surface area is 188 Å². The number of furan rings is 1. The Morgan fingerprint density at radius 3 is 2.91 bits per heavy atom. The molecule has 1 saturated heterocycles. The van der Waals surface area contributed by atoms with Gasteiger partial charge in [-0.1, -0.05) is 11.3 Å². The number of anilines is 1. The van der Waals surface area contributed by atoms with Crippen LogP contribution < -0.4 is 21.1 Å². The van der Waals surface area contributed by atoms with Crippen LogP contribution in [0.2, 0.25) is 0 Å². The molecule has 0 unspecified atom stereocenters. The van der Waals surface area contributed by atoms with Crippen molar-refractivity contribution in [3.8, 4) is 0 Å². The summed E-state index contributed by atoms with van der Waals surface area (Å²) >= 11 is 1.25. The van der Waals surface area contributed by atoms with Gasteiger partial charge in [-0.25, -0.2) is 4.98 Å². The first-order chi connectivity index (χ1) is 15.4. The molecule has 0 spiro atoms. The maximum atomic E-state index is 12.9. The van der Waals surface area contributed by atoms with Gasteiger partial charge in [0.2, 0.25) is 11.8 Å². The predicted octanol–water partition coefficient (Wildman–Crippen LogP) is 1.42. The van der Waals surface area contributed by atoms with Crippen molar-refractivity contribution in [2.75, 3.05) is 24.5 Å². The molecule has 1 aliphatic heterocycles. The highest BCUT2D eigenvalue weighted by Crippen LogP contribution is 2.29. The van der Waals surface area contributed by atoms with Crippen molar-refractivity contribution < 1.29 is 14.0 Å². The Morgan fingerprint density at radius 2 is 2.16 bits per heavy atom. The molecule has 4 heterocycles. The Bertz CT molecular complexity index is 1180. The lowest BCUT2D eigenvalue weighted by Crippen LogP contribution is -2.43. The zero-order valence-electron chi connectivity index (χ0n) is 18.1. The number of nitrogens with zero attached hydrogens (tertiary/aromatic N) is 4. The molecule has 0 saturated carbocycles. The van der Waals surface area contributed by atoms with Gasteiger partial charge in [0.05, 0.1) is 12.5 Å². The molecule has 3 aromatic rings. The number of amides is 2. The zero-order valence-corrected chi connectivity index (χ0v) is 18.9. The van der Waals surface area contributed by atoms with Crippen LogP contribution in [-0.2, 0) is 22.7 Å². The van der Waals surface area contributed by atoms with Crippen molar-refractivity contribution in [1.82, 2.24) is 25.2 Å². The van der Waals surface area contributed by atoms with Gasteiger partial charge in [-0.15, -0.1) is 0 Å². The van der Waals surface area contributed by atoms with Crippen molar-refractivity contribution in [1.29, 1.82) is 0 Å². The van der Waals surface area contributed by atoms with Gasteiger partial charge in [0.25, 0.3) is 5.56 Å². The maximum Gasteiger partial charge on any atom is 0.273 e. The molecular formula is C21H26N6O4S. The third-order valence-electron chi connectivity index (χ3n) is 5.36. The van der Waals surface area contributed by atoms with E-state index in [1.54, 1.807) is 6.07 Å². The van der Waals surface area contributed by atoms with Crippen molar-refractivity contribution in [3.05, 3.63) is 40.3 Å². The van der Waals surface area contributed by atoms with Crippen LogP contribution in [0.5, 0.6) is 0 Å². The van der Waals surface area contributed by atoms with Crippen LogP contribution in [0.15, 0.2) is 27.7 Å². The fraction of sp³-hybridized carbons (Fsp3) is 0.476. The zero-order chi connectivity index (χ0) is 22.7. The van der Waals surface area contributed by atoms with Crippen molar-refractivity contribution in [2.24, 2.45) is 5.92 Å². The normalized spacial score (nSPS) is 16.3. The first-order valence-electron chi connectivity index (χ1n) is 10.6. The van der Waals surface area contributed by atoms with E-state index in [9.17, 15) is 14.4 Å². The van der Waals surface area contributed by atoms with Crippen LogP contribution in [0.1, 0.15) is 31.3 Å². The van der Waals surface area contributed by atoms with E-state index in [1.165, 1.54) is 22.2 Å². The molecule has 0 bridgehead atoms. The SMILES string of the molecule is CCNC(=O)[C@H]1CCCN(c2nc3ncn(CC(=O)NCc4ccc(C)o4)c(=O)c3s2)C1. The fourth-order valence-electron chi connectivity index (χ4n) is 3.74. The van der Waals surface area contributed by atoms with Gasteiger partial charge in [-0.2, -0.15) is 4.98 Å². The lowest BCUT2D eigenvalue weighted by molar-refractivity contribution is -0.125. The van der Waals surface area contributed by atoms with E-state index < -0.39 is 0 Å². The quantitative estimate of drug-likeness (QED) is 0.549. The van der Waals surface area contributed by atoms with Crippen LogP contribution in [0.25, 0.3) is 10.3 Å². The van der Waals surface area contributed by atoms with Crippen LogP contribution in [0, 0.1) is 12.8 Å². The number of piperidine rings is 1. The lowest BCUT2D eigenvalue weighted by Gasteiger charge is -2.31. The van der Waals surface area contributed by atoms with E-state index in [4.69, 9.17) is 4.42 Å². The summed E-state index contributed by atoms with van der Waals surface area (Å²) < 4.78 is 7.11. The molecule has 2 N–H and O–H groups in total. The molecule has 32 heavy (non-hydrogen) atoms. The highest BCUT2D eigenvalue weighted by Gasteiger charge is 2.27. The summed E-state index contributed by atoms with van der Waals surface area (Å²) in [5.74, 6) is 1.06. The van der Waals surface area contributed by atoms with Crippen LogP contribution in [-0.4, -0.2) is 46.0 Å². The van der Waals surface area contributed by atoms with Gasteiger partial charge in [0.15, 0.2) is 10.8 Å². The molecule has 10 nitrogen and oxygen atoms in total. The number of rotatable bonds is 7. The molecule has 1 fully saturated rings. The predicted molar refractivity (Wildman–Crippen MR) is 121 cm³/mol. The number of thiazole rings is 1. The monoisotopic (exact) mass is 458 g/mol. The second-order valence-electron chi connectivity index (χ2n) is 7.80. The summed E-state index contributed by atoms with van der Waals surface area (Å²) in [4.78, 5) is 48.2. The van der Waals surface area contributed by atoms with Crippen LogP contribution in [0.4, 0.5) is 5.13 Å². The van der Waals surface area contributed by atoms with E-state index >= 15 is 0 Å². The van der Waals surface area contributed by atoms with E-state index in [0.29, 0.717) is 34.3 Å². The van der Waals surface area contributed by atoms with Gasteiger partial charge >= 0.3 is 0 Å². The second-order valence-corrected chi connectivity index (χ2v) is 8.77. The van der Waals surface area contributed by atoms with Crippen molar-refractivity contribution in [2.45, 2.75) is 39.8 Å². The fourth-order valence-corrected chi connectivity index (χ4v) is 4.75. The average Bonchev–Trinajstić information content (AvgIpc) is 3.41. The van der Waals surface area contributed by atoms with Gasteiger partial charge in [0.1, 0.15) is 29.1 Å². The van der Waals surface area contributed by atoms with Crippen LogP contribution in [0.3, 0.4) is 0 Å². The largest absolute Gasteiger partial charge is 0.465 e. The third-order valence-corrected chi connectivity index (χ3v) is 6.45. The number of hydrogen-bond donors (Lipinski definition) is 2. The topological polar surface area (TPSA) is 122 Å². The number of aromatic nitrogens is 3. The molecule has 1 atom stereocenters. The number of fused-ring (bicyclic) bond motifs is 1. The Balaban J connectivity index is 1.45. The van der Waals surface area contributed by atoms with E-state index in [2.05, 4.69) is 20.6 Å². The summed E-state index contributed by atoms with van der Waals surface area (Å²) in [5, 5.41) is 6.29. The first-order valence-corrected chi connectivity index (χ1v) is 11.5. The molecule has 0 aromatic carbocycles. The molecule has 3 aromatic heterocycles. The summed E-state index contributed by atoms with van der Waals surface area (Å²) in [7, 11) is 0. The number of carbonyl (C=O) groups excluding carboxylic acids is 2. The average molecular weight is 459 g/mol. The number of aryl methyl sites for hydroxylation is 1. The summed E-state index contributed by atoms with van der Waals surface area (Å²) in [5.41, 5.74) is 0.0536. The smallest absolute Gasteiger partial charge is 0.273 e. The Kier molecular flexibility index (Phi) is 6.54. The molecule has 170 valence electrons. The molecule has 0 radical (unpaired) electrons. The van der Waals surface area contributed by atoms with Gasteiger partial charge in [0, 0.05) is 19.6 Å². The number of nitrogens with one attached hydrogen (secondary N) is 2. The molecule has 4 rings (SSSR count). The lowest BCUT2D eigenvalue weighted by atomic mass is 9.97. The molecular weight excluding hydrogens is 432 g/mol. The van der Waals surface area contributed by atoms with E-state index in [-0.39, 0.29) is 36.4 Å². The summed E-state index contributed by atoms with van der Waals surface area (Å²) in [6, 6.07) is 3.62. The minimum Gasteiger partial charge on any atom is -0.465 e. The minimum absolute atomic E-state index is 0.0505. The minimum atomic E-state index is -0.312. The summed E-state index contributed by atoms with van der Waals surface area (Å²) in [6.45, 7) is 5.79. The molecule has 1 aliphatic rings. The highest BCUT2D eigenvalue weighted by molar-refractivity contribution is 7.22. The van der Waals surface area contributed by atoms with Gasteiger partial charge in [-0.3, -0.25) is 19.0 Å². The Morgan fingerprint density at radius 1 is 1.31 bits per heavy atom. The third kappa shape index (κ3) is 4.82. The maximum absolute atomic E-state index is 12.9. The second kappa shape index (κ2) is 9.51. The Hall–Kier alpha value is -3.21. The number of carbonyl (C=O) groups is 2. The number of hydrogen-bond acceptors (Lipinski definition) is 8. The molecule has 11 heteroatoms. The highest BCUT2D eigenvalue weighted by atomic mass is 32.1.